The molecule has 2 rings (SSSR count). The summed E-state index contributed by atoms with van der Waals surface area (Å²) in [5.74, 6) is 0.111. The van der Waals surface area contributed by atoms with E-state index in [-0.39, 0.29) is 17.5 Å². The first-order chi connectivity index (χ1) is 8.89. The Bertz CT molecular complexity index is 472. The van der Waals surface area contributed by atoms with Crippen LogP contribution in [0.5, 0.6) is 0 Å². The van der Waals surface area contributed by atoms with Crippen molar-refractivity contribution < 1.29 is 9.18 Å². The van der Waals surface area contributed by atoms with Crippen molar-refractivity contribution in [2.75, 3.05) is 0 Å². The molecule has 0 atom stereocenters. The zero-order chi connectivity index (χ0) is 14.0. The van der Waals surface area contributed by atoms with Crippen molar-refractivity contribution in [1.29, 1.82) is 0 Å². The zero-order valence-corrected chi connectivity index (χ0v) is 13.1. The van der Waals surface area contributed by atoms with Gasteiger partial charge in [-0.2, -0.15) is 0 Å². The van der Waals surface area contributed by atoms with Gasteiger partial charge in [0.2, 0.25) is 0 Å². The predicted octanol–water partition coefficient (Wildman–Crippen LogP) is 4.92. The average Bonchev–Trinajstić information content (AvgIpc) is 2.35. The number of rotatable bonds is 3. The topological polar surface area (TPSA) is 17.1 Å². The number of hydrogen-bond donors (Lipinski definition) is 0. The van der Waals surface area contributed by atoms with Crippen LogP contribution in [-0.4, -0.2) is 5.78 Å². The van der Waals surface area contributed by atoms with Crippen molar-refractivity contribution in [1.82, 2.24) is 0 Å². The van der Waals surface area contributed by atoms with E-state index in [0.29, 0.717) is 16.3 Å². The minimum Gasteiger partial charge on any atom is -0.299 e. The third-order valence-electron chi connectivity index (χ3n) is 4.19. The van der Waals surface area contributed by atoms with Crippen LogP contribution in [-0.2, 0) is 11.2 Å². The molecular formula is C16H20BrFO. The normalized spacial score (nSPS) is 19.4. The van der Waals surface area contributed by atoms with E-state index in [2.05, 4.69) is 29.8 Å². The number of carbonyl (C=O) groups excluding carboxylic acids is 1. The lowest BCUT2D eigenvalue weighted by atomic mass is 9.71. The lowest BCUT2D eigenvalue weighted by Crippen LogP contribution is -2.27. The summed E-state index contributed by atoms with van der Waals surface area (Å²) in [4.78, 5) is 12.3. The van der Waals surface area contributed by atoms with Crippen LogP contribution in [0.3, 0.4) is 0 Å². The van der Waals surface area contributed by atoms with Crippen molar-refractivity contribution in [3.63, 3.8) is 0 Å². The van der Waals surface area contributed by atoms with Gasteiger partial charge in [-0.25, -0.2) is 4.39 Å². The fourth-order valence-corrected chi connectivity index (χ4v) is 3.14. The summed E-state index contributed by atoms with van der Waals surface area (Å²) in [5, 5.41) is 0. The number of benzene rings is 1. The van der Waals surface area contributed by atoms with Crippen LogP contribution in [0.1, 0.15) is 45.1 Å². The summed E-state index contributed by atoms with van der Waals surface area (Å²) >= 11 is 3.22. The van der Waals surface area contributed by atoms with Crippen LogP contribution in [0, 0.1) is 17.2 Å². The second-order valence-corrected chi connectivity index (χ2v) is 7.09. The van der Waals surface area contributed by atoms with Crippen molar-refractivity contribution in [3.8, 4) is 0 Å². The first-order valence-corrected chi connectivity index (χ1v) is 7.64. The van der Waals surface area contributed by atoms with Gasteiger partial charge < -0.3 is 0 Å². The van der Waals surface area contributed by atoms with Crippen molar-refractivity contribution in [3.05, 3.63) is 34.1 Å². The van der Waals surface area contributed by atoms with Gasteiger partial charge in [0.15, 0.2) is 0 Å². The van der Waals surface area contributed by atoms with E-state index in [9.17, 15) is 9.18 Å². The fraction of sp³-hybridized carbons (Fsp3) is 0.562. The Hall–Kier alpha value is -0.700. The Labute approximate surface area is 122 Å². The zero-order valence-electron chi connectivity index (χ0n) is 11.5. The van der Waals surface area contributed by atoms with E-state index in [4.69, 9.17) is 0 Å². The highest BCUT2D eigenvalue weighted by molar-refractivity contribution is 9.10. The quantitative estimate of drug-likeness (QED) is 0.770. The van der Waals surface area contributed by atoms with Crippen LogP contribution >= 0.6 is 15.9 Å². The first kappa shape index (κ1) is 14.7. The molecule has 19 heavy (non-hydrogen) atoms. The molecule has 0 spiro atoms. The lowest BCUT2D eigenvalue weighted by Gasteiger charge is -2.33. The Morgan fingerprint density at radius 2 is 2.00 bits per heavy atom. The summed E-state index contributed by atoms with van der Waals surface area (Å²) in [6.07, 6.45) is 4.49. The molecule has 1 aromatic carbocycles. The maximum atomic E-state index is 13.4. The summed E-state index contributed by atoms with van der Waals surface area (Å²) in [5.41, 5.74) is 1.13. The van der Waals surface area contributed by atoms with Gasteiger partial charge in [0.05, 0.1) is 4.47 Å². The molecule has 0 N–H and O–H groups in total. The van der Waals surface area contributed by atoms with Crippen LogP contribution in [0.25, 0.3) is 0 Å². The SMILES string of the molecule is CC1(C)CCC(C(=O)Cc2cccc(F)c2Br)CC1. The van der Waals surface area contributed by atoms with E-state index in [1.54, 1.807) is 6.07 Å². The number of halogens is 2. The highest BCUT2D eigenvalue weighted by atomic mass is 79.9. The fourth-order valence-electron chi connectivity index (χ4n) is 2.74. The predicted molar refractivity (Wildman–Crippen MR) is 78.6 cm³/mol. The summed E-state index contributed by atoms with van der Waals surface area (Å²) in [6.45, 7) is 4.52. The molecule has 1 saturated carbocycles. The lowest BCUT2D eigenvalue weighted by molar-refractivity contribution is -0.123. The second-order valence-electron chi connectivity index (χ2n) is 6.29. The molecule has 1 fully saturated rings. The van der Waals surface area contributed by atoms with E-state index < -0.39 is 0 Å². The number of Topliss-reactive ketones (excluding diaryl/α,β-unsaturated/α-hetero) is 1. The van der Waals surface area contributed by atoms with E-state index in [1.807, 2.05) is 6.07 Å². The highest BCUT2D eigenvalue weighted by Gasteiger charge is 2.30. The molecule has 0 aliphatic heterocycles. The second kappa shape index (κ2) is 5.74. The molecule has 1 aromatic rings. The molecule has 0 aromatic heterocycles. The van der Waals surface area contributed by atoms with E-state index in [0.717, 1.165) is 31.2 Å². The monoisotopic (exact) mass is 326 g/mol. The van der Waals surface area contributed by atoms with Crippen LogP contribution in [0.4, 0.5) is 4.39 Å². The molecule has 0 bridgehead atoms. The molecule has 3 heteroatoms. The van der Waals surface area contributed by atoms with Gasteiger partial charge >= 0.3 is 0 Å². The molecule has 1 aliphatic rings. The standard InChI is InChI=1S/C16H20BrFO/c1-16(2)8-6-11(7-9-16)14(19)10-12-4-3-5-13(18)15(12)17/h3-5,11H,6-10H2,1-2H3. The molecule has 0 unspecified atom stereocenters. The molecule has 104 valence electrons. The van der Waals surface area contributed by atoms with Crippen LogP contribution < -0.4 is 0 Å². The minimum atomic E-state index is -0.296. The summed E-state index contributed by atoms with van der Waals surface area (Å²) in [6, 6.07) is 4.88. The minimum absolute atomic E-state index is 0.156. The van der Waals surface area contributed by atoms with E-state index >= 15 is 0 Å². The molecule has 0 saturated heterocycles. The van der Waals surface area contributed by atoms with Gasteiger partial charge in [-0.3, -0.25) is 4.79 Å². The maximum absolute atomic E-state index is 13.4. The molecule has 1 aliphatic carbocycles. The number of hydrogen-bond acceptors (Lipinski definition) is 1. The molecule has 0 amide bonds. The molecular weight excluding hydrogens is 307 g/mol. The van der Waals surface area contributed by atoms with Crippen molar-refractivity contribution in [2.45, 2.75) is 46.0 Å². The van der Waals surface area contributed by atoms with Gasteiger partial charge in [0, 0.05) is 12.3 Å². The highest BCUT2D eigenvalue weighted by Crippen LogP contribution is 2.38. The van der Waals surface area contributed by atoms with Crippen molar-refractivity contribution in [2.24, 2.45) is 11.3 Å². The Balaban J connectivity index is 2.00. The maximum Gasteiger partial charge on any atom is 0.140 e. The number of carbonyl (C=O) groups is 1. The van der Waals surface area contributed by atoms with Crippen molar-refractivity contribution >= 4 is 21.7 Å². The summed E-state index contributed by atoms with van der Waals surface area (Å²) < 4.78 is 13.8. The summed E-state index contributed by atoms with van der Waals surface area (Å²) in [7, 11) is 0. The Morgan fingerprint density at radius 3 is 2.63 bits per heavy atom. The van der Waals surface area contributed by atoms with Gasteiger partial charge in [0.1, 0.15) is 11.6 Å². The van der Waals surface area contributed by atoms with Gasteiger partial charge in [-0.1, -0.05) is 26.0 Å². The molecule has 0 radical (unpaired) electrons. The van der Waals surface area contributed by atoms with Gasteiger partial charge in [-0.15, -0.1) is 0 Å². The van der Waals surface area contributed by atoms with Crippen LogP contribution in [0.15, 0.2) is 22.7 Å². The number of ketones is 1. The van der Waals surface area contributed by atoms with Gasteiger partial charge in [-0.05, 0) is 58.7 Å². The average molecular weight is 327 g/mol. The molecule has 1 nitrogen and oxygen atoms in total. The Kier molecular flexibility index (Phi) is 4.44. The van der Waals surface area contributed by atoms with E-state index in [1.165, 1.54) is 6.07 Å². The first-order valence-electron chi connectivity index (χ1n) is 6.85. The third-order valence-corrected chi connectivity index (χ3v) is 5.08. The van der Waals surface area contributed by atoms with Crippen LogP contribution in [0.2, 0.25) is 0 Å². The molecule has 0 heterocycles. The largest absolute Gasteiger partial charge is 0.299 e. The smallest absolute Gasteiger partial charge is 0.140 e. The Morgan fingerprint density at radius 1 is 1.37 bits per heavy atom. The van der Waals surface area contributed by atoms with Gasteiger partial charge in [0.25, 0.3) is 0 Å². The third kappa shape index (κ3) is 3.65.